The Hall–Kier alpha value is -1.35. The lowest BCUT2D eigenvalue weighted by atomic mass is 10.0. The van der Waals surface area contributed by atoms with Gasteiger partial charge in [-0.2, -0.15) is 0 Å². The number of benzene rings is 1. The van der Waals surface area contributed by atoms with E-state index in [1.165, 1.54) is 5.56 Å². The molecule has 0 unspecified atom stereocenters. The Morgan fingerprint density at radius 1 is 1.32 bits per heavy atom. The summed E-state index contributed by atoms with van der Waals surface area (Å²) in [7, 11) is 0. The lowest BCUT2D eigenvalue weighted by Gasteiger charge is -2.21. The van der Waals surface area contributed by atoms with Gasteiger partial charge in [0.1, 0.15) is 0 Å². The number of aryl methyl sites for hydroxylation is 1. The van der Waals surface area contributed by atoms with Gasteiger partial charge in [0.2, 0.25) is 5.91 Å². The Labute approximate surface area is 115 Å². The SMILES string of the molecule is C[C@@H](CCc1ccccc1)N[C@H]1CCCCNC1=O. The van der Waals surface area contributed by atoms with Crippen LogP contribution in [0.3, 0.4) is 0 Å². The Bertz CT molecular complexity index is 391. The molecule has 3 nitrogen and oxygen atoms in total. The standard InChI is InChI=1S/C16H24N2O/c1-13(10-11-14-7-3-2-4-8-14)18-15-9-5-6-12-17-16(15)19/h2-4,7-8,13,15,18H,5-6,9-12H2,1H3,(H,17,19)/t13-,15-/m0/s1. The maximum absolute atomic E-state index is 11.9. The molecule has 1 heterocycles. The zero-order chi connectivity index (χ0) is 13.5. The van der Waals surface area contributed by atoms with Gasteiger partial charge in [-0.3, -0.25) is 4.79 Å². The first-order chi connectivity index (χ1) is 9.25. The summed E-state index contributed by atoms with van der Waals surface area (Å²) >= 11 is 0. The largest absolute Gasteiger partial charge is 0.355 e. The summed E-state index contributed by atoms with van der Waals surface area (Å²) in [5.74, 6) is 0.170. The highest BCUT2D eigenvalue weighted by Crippen LogP contribution is 2.09. The van der Waals surface area contributed by atoms with E-state index >= 15 is 0 Å². The van der Waals surface area contributed by atoms with Crippen LogP contribution in [0.1, 0.15) is 38.2 Å². The van der Waals surface area contributed by atoms with Crippen LogP contribution in [-0.4, -0.2) is 24.5 Å². The monoisotopic (exact) mass is 260 g/mol. The molecule has 19 heavy (non-hydrogen) atoms. The molecule has 1 aliphatic heterocycles. The van der Waals surface area contributed by atoms with Gasteiger partial charge in [-0.25, -0.2) is 0 Å². The van der Waals surface area contributed by atoms with E-state index in [0.717, 1.165) is 38.6 Å². The fourth-order valence-electron chi connectivity index (χ4n) is 2.55. The van der Waals surface area contributed by atoms with Crippen LogP contribution >= 0.6 is 0 Å². The average Bonchev–Trinajstić information content (AvgIpc) is 2.63. The zero-order valence-electron chi connectivity index (χ0n) is 11.7. The molecule has 3 heteroatoms. The van der Waals surface area contributed by atoms with E-state index < -0.39 is 0 Å². The lowest BCUT2D eigenvalue weighted by molar-refractivity contribution is -0.123. The summed E-state index contributed by atoms with van der Waals surface area (Å²) in [5, 5.41) is 6.44. The number of nitrogens with one attached hydrogen (secondary N) is 2. The van der Waals surface area contributed by atoms with Crippen LogP contribution in [0.2, 0.25) is 0 Å². The van der Waals surface area contributed by atoms with Crippen LogP contribution in [0.5, 0.6) is 0 Å². The normalized spacial score (nSPS) is 21.5. The first-order valence-corrected chi connectivity index (χ1v) is 7.33. The van der Waals surface area contributed by atoms with E-state index in [1.807, 2.05) is 6.07 Å². The number of hydrogen-bond acceptors (Lipinski definition) is 2. The molecule has 2 atom stereocenters. The Morgan fingerprint density at radius 2 is 2.11 bits per heavy atom. The van der Waals surface area contributed by atoms with Crippen molar-refractivity contribution in [2.45, 2.75) is 51.1 Å². The molecule has 1 amide bonds. The van der Waals surface area contributed by atoms with E-state index in [1.54, 1.807) is 0 Å². The molecule has 0 bridgehead atoms. The predicted octanol–water partition coefficient (Wildman–Crippen LogP) is 2.27. The number of rotatable bonds is 5. The Kier molecular flexibility index (Phi) is 5.40. The molecule has 0 saturated carbocycles. The highest BCUT2D eigenvalue weighted by atomic mass is 16.2. The van der Waals surface area contributed by atoms with Crippen LogP contribution in [0.25, 0.3) is 0 Å². The molecule has 1 aromatic rings. The van der Waals surface area contributed by atoms with Crippen molar-refractivity contribution in [2.75, 3.05) is 6.54 Å². The van der Waals surface area contributed by atoms with E-state index in [4.69, 9.17) is 0 Å². The predicted molar refractivity (Wildman–Crippen MR) is 78.0 cm³/mol. The van der Waals surface area contributed by atoms with Gasteiger partial charge in [-0.05, 0) is 44.6 Å². The van der Waals surface area contributed by atoms with Crippen molar-refractivity contribution in [1.82, 2.24) is 10.6 Å². The van der Waals surface area contributed by atoms with Crippen molar-refractivity contribution in [3.8, 4) is 0 Å². The highest BCUT2D eigenvalue weighted by molar-refractivity contribution is 5.81. The van der Waals surface area contributed by atoms with Crippen molar-refractivity contribution in [2.24, 2.45) is 0 Å². The minimum absolute atomic E-state index is 0.00623. The van der Waals surface area contributed by atoms with Gasteiger partial charge in [0, 0.05) is 12.6 Å². The van der Waals surface area contributed by atoms with E-state index in [9.17, 15) is 4.79 Å². The smallest absolute Gasteiger partial charge is 0.237 e. The van der Waals surface area contributed by atoms with E-state index in [0.29, 0.717) is 6.04 Å². The maximum Gasteiger partial charge on any atom is 0.237 e. The summed E-state index contributed by atoms with van der Waals surface area (Å²) in [6.07, 6.45) is 5.31. The number of carbonyl (C=O) groups is 1. The van der Waals surface area contributed by atoms with Gasteiger partial charge in [-0.1, -0.05) is 30.3 Å². The van der Waals surface area contributed by atoms with Crippen molar-refractivity contribution >= 4 is 5.91 Å². The van der Waals surface area contributed by atoms with Crippen molar-refractivity contribution in [3.63, 3.8) is 0 Å². The third-order valence-electron chi connectivity index (χ3n) is 3.73. The Morgan fingerprint density at radius 3 is 2.89 bits per heavy atom. The summed E-state index contributed by atoms with van der Waals surface area (Å²) in [6.45, 7) is 3.00. The number of amides is 1. The first kappa shape index (κ1) is 14.1. The minimum atomic E-state index is -0.00623. The van der Waals surface area contributed by atoms with E-state index in [-0.39, 0.29) is 11.9 Å². The van der Waals surface area contributed by atoms with Crippen LogP contribution in [0.4, 0.5) is 0 Å². The molecule has 1 aromatic carbocycles. The molecule has 1 aliphatic rings. The maximum atomic E-state index is 11.9. The van der Waals surface area contributed by atoms with Gasteiger partial charge in [-0.15, -0.1) is 0 Å². The first-order valence-electron chi connectivity index (χ1n) is 7.33. The molecule has 1 saturated heterocycles. The fraction of sp³-hybridized carbons (Fsp3) is 0.562. The topological polar surface area (TPSA) is 41.1 Å². The molecular formula is C16H24N2O. The van der Waals surface area contributed by atoms with Crippen molar-refractivity contribution < 1.29 is 4.79 Å². The van der Waals surface area contributed by atoms with Crippen molar-refractivity contribution in [3.05, 3.63) is 35.9 Å². The third-order valence-corrected chi connectivity index (χ3v) is 3.73. The summed E-state index contributed by atoms with van der Waals surface area (Å²) in [4.78, 5) is 11.9. The summed E-state index contributed by atoms with van der Waals surface area (Å²) in [6, 6.07) is 10.9. The van der Waals surface area contributed by atoms with Crippen LogP contribution in [0.15, 0.2) is 30.3 Å². The zero-order valence-corrected chi connectivity index (χ0v) is 11.7. The summed E-state index contributed by atoms with van der Waals surface area (Å²) < 4.78 is 0. The van der Waals surface area contributed by atoms with Gasteiger partial charge < -0.3 is 10.6 Å². The quantitative estimate of drug-likeness (QED) is 0.852. The van der Waals surface area contributed by atoms with Crippen LogP contribution in [-0.2, 0) is 11.2 Å². The summed E-state index contributed by atoms with van der Waals surface area (Å²) in [5.41, 5.74) is 1.36. The Balaban J connectivity index is 1.77. The molecule has 0 aromatic heterocycles. The second kappa shape index (κ2) is 7.29. The second-order valence-electron chi connectivity index (χ2n) is 5.43. The number of hydrogen-bond donors (Lipinski definition) is 2. The molecule has 2 rings (SSSR count). The average molecular weight is 260 g/mol. The van der Waals surface area contributed by atoms with Gasteiger partial charge in [0.25, 0.3) is 0 Å². The molecular weight excluding hydrogens is 236 g/mol. The van der Waals surface area contributed by atoms with Gasteiger partial charge in [0.15, 0.2) is 0 Å². The number of carbonyl (C=O) groups excluding carboxylic acids is 1. The van der Waals surface area contributed by atoms with E-state index in [2.05, 4.69) is 41.8 Å². The molecule has 104 valence electrons. The van der Waals surface area contributed by atoms with Crippen LogP contribution < -0.4 is 10.6 Å². The minimum Gasteiger partial charge on any atom is -0.355 e. The second-order valence-corrected chi connectivity index (χ2v) is 5.43. The molecule has 1 fully saturated rings. The fourth-order valence-corrected chi connectivity index (χ4v) is 2.55. The van der Waals surface area contributed by atoms with Gasteiger partial charge >= 0.3 is 0 Å². The van der Waals surface area contributed by atoms with Crippen molar-refractivity contribution in [1.29, 1.82) is 0 Å². The lowest BCUT2D eigenvalue weighted by Crippen LogP contribution is -2.46. The molecule has 2 N–H and O–H groups in total. The third kappa shape index (κ3) is 4.67. The van der Waals surface area contributed by atoms with Gasteiger partial charge in [0.05, 0.1) is 6.04 Å². The molecule has 0 aliphatic carbocycles. The molecule has 0 spiro atoms. The molecule has 0 radical (unpaired) electrons. The van der Waals surface area contributed by atoms with Crippen LogP contribution in [0, 0.1) is 0 Å². The highest BCUT2D eigenvalue weighted by Gasteiger charge is 2.21.